The number of unbranched alkanes of at least 4 members (excludes halogenated alkanes) is 3. The zero-order valence-corrected chi connectivity index (χ0v) is 42.3. The minimum absolute atomic E-state index is 0.339. The maximum atomic E-state index is 7.82. The quantitative estimate of drug-likeness (QED) is 0.0430. The molecule has 4 aromatic rings. The highest BCUT2D eigenvalue weighted by Crippen LogP contribution is 2.30. The molecular formula is C40H65N3O7Si6. The summed E-state index contributed by atoms with van der Waals surface area (Å²) < 4.78 is 47.6. The second kappa shape index (κ2) is 24.0. The summed E-state index contributed by atoms with van der Waals surface area (Å²) in [4.78, 5) is 0. The summed E-state index contributed by atoms with van der Waals surface area (Å²) in [5.41, 5.74) is 18.1. The Morgan fingerprint density at radius 1 is 0.625 bits per heavy atom. The number of hydrogen-bond acceptors (Lipinski definition) is 10. The van der Waals surface area contributed by atoms with E-state index in [9.17, 15) is 0 Å². The predicted octanol–water partition coefficient (Wildman–Crippen LogP) is 0.939. The highest BCUT2D eigenvalue weighted by atomic mass is 28.5. The molecule has 0 fully saturated rings. The van der Waals surface area contributed by atoms with Gasteiger partial charge in [0.15, 0.2) is 20.2 Å². The van der Waals surface area contributed by atoms with Gasteiger partial charge in [-0.2, -0.15) is 0 Å². The number of nitrogens with two attached hydrogens (primary N) is 3. The van der Waals surface area contributed by atoms with Gasteiger partial charge in [0.05, 0.1) is 5.73 Å². The summed E-state index contributed by atoms with van der Waals surface area (Å²) in [6, 6.07) is 43.8. The first kappa shape index (κ1) is 46.5. The van der Waals surface area contributed by atoms with Crippen LogP contribution in [-0.2, 0) is 30.4 Å². The van der Waals surface area contributed by atoms with Crippen LogP contribution in [0.4, 0.5) is 0 Å². The second-order valence-corrected chi connectivity index (χ2v) is 26.4. The minimum Gasteiger partial charge on any atom is -0.425 e. The molecular weight excluding hydrogens is 803 g/mol. The van der Waals surface area contributed by atoms with Crippen molar-refractivity contribution in [2.45, 2.75) is 75.1 Å². The van der Waals surface area contributed by atoms with E-state index >= 15 is 0 Å². The van der Waals surface area contributed by atoms with Crippen molar-refractivity contribution in [2.24, 2.45) is 17.2 Å². The lowest BCUT2D eigenvalue weighted by Crippen LogP contribution is -2.77. The Balaban J connectivity index is 1.85. The summed E-state index contributed by atoms with van der Waals surface area (Å²) in [5, 5.41) is 4.34. The first-order valence-corrected chi connectivity index (χ1v) is 28.9. The van der Waals surface area contributed by atoms with E-state index in [0.717, 1.165) is 64.9 Å². The molecule has 56 heavy (non-hydrogen) atoms. The largest absolute Gasteiger partial charge is 0.658 e. The van der Waals surface area contributed by atoms with Crippen molar-refractivity contribution < 1.29 is 30.4 Å². The monoisotopic (exact) mass is 867 g/mol. The molecule has 0 aromatic heterocycles. The van der Waals surface area contributed by atoms with Gasteiger partial charge < -0.3 is 41.8 Å². The second-order valence-electron chi connectivity index (χ2n) is 14.1. The van der Waals surface area contributed by atoms with Crippen molar-refractivity contribution in [3.05, 3.63) is 121 Å². The van der Waals surface area contributed by atoms with Crippen LogP contribution in [0.5, 0.6) is 0 Å². The van der Waals surface area contributed by atoms with Crippen LogP contribution in [0.1, 0.15) is 51.4 Å². The van der Waals surface area contributed by atoms with E-state index in [1.165, 1.54) is 0 Å². The van der Waals surface area contributed by atoms with Crippen molar-refractivity contribution in [2.75, 3.05) is 27.3 Å². The summed E-state index contributed by atoms with van der Waals surface area (Å²) in [6.45, 7) is 1.34. The lowest BCUT2D eigenvalue weighted by molar-refractivity contribution is -0.112. The van der Waals surface area contributed by atoms with Crippen molar-refractivity contribution >= 4 is 77.2 Å². The van der Waals surface area contributed by atoms with Gasteiger partial charge in [-0.3, -0.25) is 5.73 Å². The van der Waals surface area contributed by atoms with Crippen LogP contribution in [0.2, 0.25) is 12.1 Å². The zero-order chi connectivity index (χ0) is 40.2. The predicted molar refractivity (Wildman–Crippen MR) is 245 cm³/mol. The highest BCUT2D eigenvalue weighted by Gasteiger charge is 2.61. The van der Waals surface area contributed by atoms with Crippen LogP contribution in [0.15, 0.2) is 121 Å². The molecule has 2 atom stereocenters. The molecule has 2 unspecified atom stereocenters. The van der Waals surface area contributed by atoms with Crippen LogP contribution < -0.4 is 37.9 Å². The summed E-state index contributed by atoms with van der Waals surface area (Å²) in [5.74, 6) is -1.11. The lowest BCUT2D eigenvalue weighted by Gasteiger charge is -2.46. The van der Waals surface area contributed by atoms with Crippen molar-refractivity contribution in [3.8, 4) is 0 Å². The lowest BCUT2D eigenvalue weighted by atomic mass is 10.2. The fraction of sp³-hybridized carbons (Fsp3) is 0.400. The van der Waals surface area contributed by atoms with Gasteiger partial charge in [-0.1, -0.05) is 141 Å². The summed E-state index contributed by atoms with van der Waals surface area (Å²) >= 11 is 0. The molecule has 0 heterocycles. The van der Waals surface area contributed by atoms with E-state index in [-0.39, 0.29) is 5.73 Å². The molecule has 0 spiro atoms. The third-order valence-corrected chi connectivity index (χ3v) is 26.8. The first-order chi connectivity index (χ1) is 27.3. The van der Waals surface area contributed by atoms with Gasteiger partial charge in [-0.15, -0.1) is 0 Å². The summed E-state index contributed by atoms with van der Waals surface area (Å²) in [6.07, 6.45) is 6.78. The van der Waals surface area contributed by atoms with E-state index in [1.807, 2.05) is 24.3 Å². The fourth-order valence-electron chi connectivity index (χ4n) is 7.43. The molecule has 0 radical (unpaired) electrons. The molecule has 4 aromatic carbocycles. The molecule has 10 nitrogen and oxygen atoms in total. The first-order valence-electron chi connectivity index (χ1n) is 19.9. The Morgan fingerprint density at radius 2 is 1.11 bits per heavy atom. The average molecular weight is 868 g/mol. The third kappa shape index (κ3) is 12.2. The SMILES string of the molecule is CO[Si](OC)(O[Si](CCCCCN)(c1ccccc1)c1ccccc1)O[Si](c1ccccc1)(c1ccccc1)C(CCCC(N)(O[SiH3])O[SiH2]CCCCN)O[SiH3]. The Bertz CT molecular complexity index is 1560. The third-order valence-electron chi connectivity index (χ3n) is 10.5. The number of benzene rings is 4. The van der Waals surface area contributed by atoms with Gasteiger partial charge in [0.2, 0.25) is 5.91 Å². The van der Waals surface area contributed by atoms with Gasteiger partial charge in [-0.25, -0.2) is 0 Å². The highest BCUT2D eigenvalue weighted by molar-refractivity contribution is 7.04. The van der Waals surface area contributed by atoms with Crippen LogP contribution in [0, 0.1) is 0 Å². The molecule has 0 aliphatic rings. The van der Waals surface area contributed by atoms with Crippen LogP contribution in [-0.4, -0.2) is 95.4 Å². The van der Waals surface area contributed by atoms with Gasteiger partial charge in [-0.05, 0) is 71.6 Å². The average Bonchev–Trinajstić information content (AvgIpc) is 3.26. The fourth-order valence-corrected chi connectivity index (χ4v) is 25.2. The molecule has 6 N–H and O–H groups in total. The molecule has 0 saturated heterocycles. The van der Waals surface area contributed by atoms with Gasteiger partial charge in [0.25, 0.3) is 16.6 Å². The molecule has 4 rings (SSSR count). The molecule has 0 aliphatic carbocycles. The molecule has 0 amide bonds. The maximum absolute atomic E-state index is 7.82. The van der Waals surface area contributed by atoms with Crippen LogP contribution >= 0.6 is 0 Å². The summed E-state index contributed by atoms with van der Waals surface area (Å²) in [7, 11) is -7.22. The van der Waals surface area contributed by atoms with E-state index in [1.54, 1.807) is 14.2 Å². The smallest absolute Gasteiger partial charge is 0.425 e. The van der Waals surface area contributed by atoms with E-state index in [2.05, 4.69) is 97.1 Å². The van der Waals surface area contributed by atoms with Crippen LogP contribution in [0.25, 0.3) is 0 Å². The standard InChI is InChI=1S/C40H65N3O7Si6/c1-44-56(45-2,49-54(34-19-7-16-31-41,35-21-8-3-9-22-35)36-23-10-4-11-24-36)50-55(37-25-12-5-13-26-37,38-27-14-6-15-28-38)39(46-51)29-20-30-40(43,47-52)48-53-33-18-17-32-42/h3-6,8-15,21-28,39H,7,16-20,29-34,41-43,53H2,1-2,51-52H3. The minimum atomic E-state index is -4.04. The molecule has 306 valence electrons. The van der Waals surface area contributed by atoms with E-state index in [4.69, 9.17) is 47.6 Å². The normalized spacial score (nSPS) is 14.4. The molecule has 16 heteroatoms. The van der Waals surface area contributed by atoms with Crippen molar-refractivity contribution in [1.82, 2.24) is 0 Å². The Hall–Kier alpha value is -2.22. The maximum Gasteiger partial charge on any atom is 0.658 e. The molecule has 0 bridgehead atoms. The Labute approximate surface area is 346 Å². The zero-order valence-electron chi connectivity index (χ0n) is 33.9. The van der Waals surface area contributed by atoms with Crippen molar-refractivity contribution in [3.63, 3.8) is 0 Å². The van der Waals surface area contributed by atoms with Gasteiger partial charge in [0, 0.05) is 20.6 Å². The Morgan fingerprint density at radius 3 is 1.55 bits per heavy atom. The number of hydrogen-bond donors (Lipinski definition) is 3. The van der Waals surface area contributed by atoms with Gasteiger partial charge >= 0.3 is 9.05 Å². The molecule has 0 aliphatic heterocycles. The number of rotatable bonds is 28. The van der Waals surface area contributed by atoms with Crippen LogP contribution in [0.3, 0.4) is 0 Å². The Kier molecular flexibility index (Phi) is 19.9. The van der Waals surface area contributed by atoms with E-state index < -0.39 is 41.4 Å². The topological polar surface area (TPSA) is 143 Å². The van der Waals surface area contributed by atoms with Gasteiger partial charge in [0.1, 0.15) is 10.5 Å². The van der Waals surface area contributed by atoms with E-state index in [0.29, 0.717) is 53.3 Å². The van der Waals surface area contributed by atoms with Crippen molar-refractivity contribution in [1.29, 1.82) is 0 Å². The molecule has 0 saturated carbocycles.